The zero-order valence-electron chi connectivity index (χ0n) is 15.2. The Morgan fingerprint density at radius 3 is 2.68 bits per heavy atom. The van der Waals surface area contributed by atoms with Gasteiger partial charge in [-0.1, -0.05) is 41.0 Å². The SMILES string of the molecule is Cc1ccc(NC(=O)CSc2nnc3cc(C)c4cc(Cl)ccc4n23)cc1Cl. The number of hydrogen-bond donors (Lipinski definition) is 1. The summed E-state index contributed by atoms with van der Waals surface area (Å²) in [5.74, 6) is 0.0658. The monoisotopic (exact) mass is 430 g/mol. The molecular weight excluding hydrogens is 415 g/mol. The van der Waals surface area contributed by atoms with Crippen LogP contribution in [0, 0.1) is 13.8 Å². The van der Waals surface area contributed by atoms with E-state index < -0.39 is 0 Å². The van der Waals surface area contributed by atoms with Crippen molar-refractivity contribution in [2.24, 2.45) is 0 Å². The van der Waals surface area contributed by atoms with Crippen molar-refractivity contribution in [1.82, 2.24) is 14.6 Å². The van der Waals surface area contributed by atoms with E-state index in [0.29, 0.717) is 20.9 Å². The molecule has 0 fully saturated rings. The molecule has 5 nitrogen and oxygen atoms in total. The van der Waals surface area contributed by atoms with Crippen LogP contribution in [-0.4, -0.2) is 26.3 Å². The fraction of sp³-hybridized carbons (Fsp3) is 0.150. The summed E-state index contributed by atoms with van der Waals surface area (Å²) in [7, 11) is 0. The predicted octanol–water partition coefficient (Wildman–Crippen LogP) is 5.54. The maximum absolute atomic E-state index is 12.4. The molecule has 0 unspecified atom stereocenters. The van der Waals surface area contributed by atoms with Gasteiger partial charge in [-0.2, -0.15) is 0 Å². The van der Waals surface area contributed by atoms with Gasteiger partial charge in [-0.3, -0.25) is 9.20 Å². The van der Waals surface area contributed by atoms with E-state index in [1.165, 1.54) is 11.8 Å². The molecule has 4 rings (SSSR count). The minimum Gasteiger partial charge on any atom is -0.325 e. The van der Waals surface area contributed by atoms with Crippen molar-refractivity contribution in [3.63, 3.8) is 0 Å². The number of aryl methyl sites for hydroxylation is 2. The number of fused-ring (bicyclic) bond motifs is 3. The number of nitrogens with zero attached hydrogens (tertiary/aromatic N) is 3. The highest BCUT2D eigenvalue weighted by molar-refractivity contribution is 7.99. The average Bonchev–Trinajstić information content (AvgIpc) is 3.06. The average molecular weight is 431 g/mol. The molecule has 0 spiro atoms. The Hall–Kier alpha value is -2.28. The van der Waals surface area contributed by atoms with Crippen LogP contribution in [-0.2, 0) is 4.79 Å². The summed E-state index contributed by atoms with van der Waals surface area (Å²) in [4.78, 5) is 12.4. The molecule has 0 aliphatic rings. The highest BCUT2D eigenvalue weighted by Crippen LogP contribution is 2.28. The Balaban J connectivity index is 1.58. The number of hydrogen-bond acceptors (Lipinski definition) is 4. The smallest absolute Gasteiger partial charge is 0.234 e. The molecule has 0 bridgehead atoms. The molecule has 1 N–H and O–H groups in total. The van der Waals surface area contributed by atoms with E-state index in [-0.39, 0.29) is 11.7 Å². The number of benzene rings is 2. The van der Waals surface area contributed by atoms with E-state index in [1.807, 2.05) is 54.6 Å². The molecule has 0 aliphatic carbocycles. The third kappa shape index (κ3) is 3.68. The third-order valence-corrected chi connectivity index (χ3v) is 5.99. The van der Waals surface area contributed by atoms with Crippen LogP contribution in [0.4, 0.5) is 5.69 Å². The fourth-order valence-corrected chi connectivity index (χ4v) is 4.09. The predicted molar refractivity (Wildman–Crippen MR) is 116 cm³/mol. The van der Waals surface area contributed by atoms with Gasteiger partial charge < -0.3 is 5.32 Å². The minimum absolute atomic E-state index is 0.138. The van der Waals surface area contributed by atoms with Gasteiger partial charge in [0.05, 0.1) is 11.3 Å². The first-order valence-corrected chi connectivity index (χ1v) is 10.3. The summed E-state index contributed by atoms with van der Waals surface area (Å²) in [6.45, 7) is 3.93. The van der Waals surface area contributed by atoms with Gasteiger partial charge in [-0.05, 0) is 61.4 Å². The lowest BCUT2D eigenvalue weighted by Gasteiger charge is -2.08. The summed E-state index contributed by atoms with van der Waals surface area (Å²) in [6.07, 6.45) is 0. The van der Waals surface area contributed by atoms with Crippen LogP contribution in [0.1, 0.15) is 11.1 Å². The second kappa shape index (κ2) is 7.62. The zero-order valence-corrected chi connectivity index (χ0v) is 17.5. The van der Waals surface area contributed by atoms with Crippen LogP contribution in [0.2, 0.25) is 10.0 Å². The van der Waals surface area contributed by atoms with Gasteiger partial charge >= 0.3 is 0 Å². The van der Waals surface area contributed by atoms with E-state index in [9.17, 15) is 4.79 Å². The van der Waals surface area contributed by atoms with Crippen molar-refractivity contribution in [3.8, 4) is 0 Å². The van der Waals surface area contributed by atoms with Gasteiger partial charge in [0.2, 0.25) is 5.91 Å². The maximum atomic E-state index is 12.4. The molecule has 0 aliphatic heterocycles. The summed E-state index contributed by atoms with van der Waals surface area (Å²) in [5.41, 5.74) is 4.40. The molecular formula is C20H16Cl2N4OS. The summed E-state index contributed by atoms with van der Waals surface area (Å²) < 4.78 is 1.94. The van der Waals surface area contributed by atoms with E-state index >= 15 is 0 Å². The Morgan fingerprint density at radius 2 is 1.89 bits per heavy atom. The maximum Gasteiger partial charge on any atom is 0.234 e. The van der Waals surface area contributed by atoms with E-state index in [4.69, 9.17) is 23.2 Å². The van der Waals surface area contributed by atoms with E-state index in [1.54, 1.807) is 6.07 Å². The number of halogens is 2. The number of pyridine rings is 1. The Bertz CT molecular complexity index is 1220. The lowest BCUT2D eigenvalue weighted by atomic mass is 10.1. The molecule has 28 heavy (non-hydrogen) atoms. The third-order valence-electron chi connectivity index (χ3n) is 4.42. The van der Waals surface area contributed by atoms with E-state index in [0.717, 1.165) is 27.7 Å². The van der Waals surface area contributed by atoms with Gasteiger partial charge in [-0.15, -0.1) is 10.2 Å². The van der Waals surface area contributed by atoms with Crippen LogP contribution in [0.25, 0.3) is 16.6 Å². The number of carbonyl (C=O) groups is 1. The van der Waals surface area contributed by atoms with Crippen LogP contribution >= 0.6 is 35.0 Å². The minimum atomic E-state index is -0.138. The van der Waals surface area contributed by atoms with Gasteiger partial charge in [-0.25, -0.2) is 0 Å². The number of amides is 1. The van der Waals surface area contributed by atoms with Crippen molar-refractivity contribution in [2.75, 3.05) is 11.1 Å². The lowest BCUT2D eigenvalue weighted by Crippen LogP contribution is -2.14. The highest BCUT2D eigenvalue weighted by atomic mass is 35.5. The molecule has 0 radical (unpaired) electrons. The van der Waals surface area contributed by atoms with Crippen molar-refractivity contribution in [2.45, 2.75) is 19.0 Å². The van der Waals surface area contributed by atoms with Crippen molar-refractivity contribution < 1.29 is 4.79 Å². The first-order valence-electron chi connectivity index (χ1n) is 8.55. The van der Waals surface area contributed by atoms with Crippen LogP contribution in [0.5, 0.6) is 0 Å². The topological polar surface area (TPSA) is 59.3 Å². The number of carbonyl (C=O) groups excluding carboxylic acids is 1. The molecule has 2 aromatic heterocycles. The summed E-state index contributed by atoms with van der Waals surface area (Å²) in [5, 5.41) is 14.3. The van der Waals surface area contributed by atoms with Crippen LogP contribution in [0.15, 0.2) is 47.6 Å². The van der Waals surface area contributed by atoms with Gasteiger partial charge in [0.15, 0.2) is 10.8 Å². The molecule has 2 aromatic carbocycles. The zero-order chi connectivity index (χ0) is 19.8. The molecule has 8 heteroatoms. The first-order chi connectivity index (χ1) is 13.4. The van der Waals surface area contributed by atoms with Crippen molar-refractivity contribution in [3.05, 3.63) is 63.6 Å². The summed E-state index contributed by atoms with van der Waals surface area (Å²) in [6, 6.07) is 13.1. The Labute approximate surface area is 176 Å². The van der Waals surface area contributed by atoms with Gasteiger partial charge in [0.1, 0.15) is 0 Å². The number of thioether (sulfide) groups is 1. The summed E-state index contributed by atoms with van der Waals surface area (Å²) >= 11 is 13.6. The number of nitrogens with one attached hydrogen (secondary N) is 1. The second-order valence-electron chi connectivity index (χ2n) is 6.47. The molecule has 0 saturated heterocycles. The largest absolute Gasteiger partial charge is 0.325 e. The first kappa shape index (κ1) is 19.1. The number of anilines is 1. The van der Waals surface area contributed by atoms with E-state index in [2.05, 4.69) is 15.5 Å². The molecule has 0 saturated carbocycles. The van der Waals surface area contributed by atoms with Gasteiger partial charge in [0.25, 0.3) is 0 Å². The normalized spacial score (nSPS) is 11.3. The van der Waals surface area contributed by atoms with Crippen LogP contribution in [0.3, 0.4) is 0 Å². The Morgan fingerprint density at radius 1 is 1.07 bits per heavy atom. The van der Waals surface area contributed by atoms with Crippen LogP contribution < -0.4 is 5.32 Å². The van der Waals surface area contributed by atoms with Crippen molar-refractivity contribution >= 4 is 63.1 Å². The molecule has 142 valence electrons. The standard InChI is InChI=1S/C20H16Cl2N4OS/c1-11-3-5-14(9-16(11)22)23-19(27)10-28-20-25-24-18-7-12(2)15-8-13(21)4-6-17(15)26(18)20/h3-9H,10H2,1-2H3,(H,23,27). The van der Waals surface area contributed by atoms with Crippen molar-refractivity contribution in [1.29, 1.82) is 0 Å². The molecule has 0 atom stereocenters. The molecule has 2 heterocycles. The fourth-order valence-electron chi connectivity index (χ4n) is 2.98. The van der Waals surface area contributed by atoms with Gasteiger partial charge in [0, 0.05) is 21.1 Å². The second-order valence-corrected chi connectivity index (χ2v) is 8.25. The number of rotatable bonds is 4. The Kier molecular flexibility index (Phi) is 5.19. The molecule has 1 amide bonds. The number of aromatic nitrogens is 3. The quantitative estimate of drug-likeness (QED) is 0.431. The molecule has 4 aromatic rings. The highest BCUT2D eigenvalue weighted by Gasteiger charge is 2.14. The lowest BCUT2D eigenvalue weighted by molar-refractivity contribution is -0.113.